The molecule has 22 heavy (non-hydrogen) atoms. The van der Waals surface area contributed by atoms with Gasteiger partial charge >= 0.3 is 0 Å². The number of hydrogen-bond acceptors (Lipinski definition) is 4. The van der Waals surface area contributed by atoms with Crippen molar-refractivity contribution in [2.24, 2.45) is 7.05 Å². The van der Waals surface area contributed by atoms with Crippen molar-refractivity contribution in [1.29, 1.82) is 0 Å². The van der Waals surface area contributed by atoms with Crippen LogP contribution in [0.5, 0.6) is 0 Å². The third-order valence-electron chi connectivity index (χ3n) is 3.69. The maximum atomic E-state index is 13.9. The molecule has 3 heterocycles. The Morgan fingerprint density at radius 2 is 2.05 bits per heavy atom. The summed E-state index contributed by atoms with van der Waals surface area (Å²) in [6, 6.07) is 3.10. The molecule has 2 aromatic rings. The van der Waals surface area contributed by atoms with Gasteiger partial charge in [-0.3, -0.25) is 9.48 Å². The minimum atomic E-state index is -0.360. The second kappa shape index (κ2) is 6.04. The maximum absolute atomic E-state index is 13.9. The molecule has 0 aliphatic carbocycles. The number of piperazine rings is 1. The molecular weight excluding hydrogens is 353 g/mol. The zero-order valence-electron chi connectivity index (χ0n) is 12.0. The average molecular weight is 368 g/mol. The van der Waals surface area contributed by atoms with E-state index in [9.17, 15) is 9.18 Å². The summed E-state index contributed by atoms with van der Waals surface area (Å²) in [7, 11) is 1.74. The summed E-state index contributed by atoms with van der Waals surface area (Å²) >= 11 is 3.20. The fourth-order valence-electron chi connectivity index (χ4n) is 2.51. The molecule has 0 aromatic carbocycles. The van der Waals surface area contributed by atoms with Gasteiger partial charge in [0.2, 0.25) is 0 Å². The van der Waals surface area contributed by atoms with Crippen LogP contribution >= 0.6 is 15.9 Å². The molecule has 2 aromatic heterocycles. The first-order valence-corrected chi connectivity index (χ1v) is 7.69. The summed E-state index contributed by atoms with van der Waals surface area (Å²) in [6.45, 7) is 2.16. The van der Waals surface area contributed by atoms with E-state index >= 15 is 0 Å². The van der Waals surface area contributed by atoms with E-state index in [0.717, 1.165) is 0 Å². The van der Waals surface area contributed by atoms with Crippen molar-refractivity contribution in [3.05, 3.63) is 40.5 Å². The molecule has 1 aliphatic rings. The summed E-state index contributed by atoms with van der Waals surface area (Å²) in [5.74, 6) is -0.0829. The molecular formula is C14H15BrFN5O. The monoisotopic (exact) mass is 367 g/mol. The van der Waals surface area contributed by atoms with E-state index in [2.05, 4.69) is 26.0 Å². The Balaban J connectivity index is 1.68. The van der Waals surface area contributed by atoms with E-state index in [1.165, 1.54) is 6.07 Å². The van der Waals surface area contributed by atoms with Gasteiger partial charge in [0.15, 0.2) is 11.6 Å². The highest BCUT2D eigenvalue weighted by atomic mass is 79.9. The SMILES string of the molecule is Cn1nccc1C(=O)N1CCN(c2ncc(Br)cc2F)CC1. The van der Waals surface area contributed by atoms with Gasteiger partial charge in [0.05, 0.1) is 0 Å². The lowest BCUT2D eigenvalue weighted by Gasteiger charge is -2.35. The smallest absolute Gasteiger partial charge is 0.272 e. The Hall–Kier alpha value is -1.96. The van der Waals surface area contributed by atoms with Crippen LogP contribution in [-0.4, -0.2) is 51.8 Å². The molecule has 0 bridgehead atoms. The molecule has 6 nitrogen and oxygen atoms in total. The molecule has 116 valence electrons. The van der Waals surface area contributed by atoms with Crippen LogP contribution in [0, 0.1) is 5.82 Å². The first-order valence-electron chi connectivity index (χ1n) is 6.89. The van der Waals surface area contributed by atoms with Gasteiger partial charge < -0.3 is 9.80 Å². The first kappa shape index (κ1) is 15.0. The van der Waals surface area contributed by atoms with Crippen LogP contribution in [0.15, 0.2) is 29.0 Å². The van der Waals surface area contributed by atoms with Crippen molar-refractivity contribution in [3.63, 3.8) is 0 Å². The lowest BCUT2D eigenvalue weighted by atomic mass is 10.2. The molecule has 1 fully saturated rings. The van der Waals surface area contributed by atoms with E-state index in [-0.39, 0.29) is 11.7 Å². The zero-order chi connectivity index (χ0) is 15.7. The summed E-state index contributed by atoms with van der Waals surface area (Å²) in [5.41, 5.74) is 0.557. The number of hydrogen-bond donors (Lipinski definition) is 0. The summed E-state index contributed by atoms with van der Waals surface area (Å²) in [5, 5.41) is 4.01. The quantitative estimate of drug-likeness (QED) is 0.810. The Bertz CT molecular complexity index is 696. The van der Waals surface area contributed by atoms with E-state index in [4.69, 9.17) is 0 Å². The van der Waals surface area contributed by atoms with Gasteiger partial charge in [-0.2, -0.15) is 5.10 Å². The number of anilines is 1. The van der Waals surface area contributed by atoms with E-state index in [1.54, 1.807) is 35.1 Å². The van der Waals surface area contributed by atoms with Gasteiger partial charge in [0.1, 0.15) is 5.69 Å². The molecule has 1 aliphatic heterocycles. The summed E-state index contributed by atoms with van der Waals surface area (Å²) < 4.78 is 16.1. The molecule has 3 rings (SSSR count). The third kappa shape index (κ3) is 2.83. The predicted molar refractivity (Wildman–Crippen MR) is 83.2 cm³/mol. The topological polar surface area (TPSA) is 54.3 Å². The molecule has 1 saturated heterocycles. The highest BCUT2D eigenvalue weighted by Crippen LogP contribution is 2.21. The van der Waals surface area contributed by atoms with E-state index < -0.39 is 0 Å². The van der Waals surface area contributed by atoms with Crippen LogP contribution < -0.4 is 4.90 Å². The number of aryl methyl sites for hydroxylation is 1. The van der Waals surface area contributed by atoms with Gasteiger partial charge in [-0.05, 0) is 28.1 Å². The lowest BCUT2D eigenvalue weighted by molar-refractivity contribution is 0.0735. The number of rotatable bonds is 2. The van der Waals surface area contributed by atoms with E-state index in [0.29, 0.717) is 42.2 Å². The van der Waals surface area contributed by atoms with Crippen molar-refractivity contribution in [3.8, 4) is 0 Å². The Morgan fingerprint density at radius 3 is 2.64 bits per heavy atom. The number of carbonyl (C=O) groups is 1. The molecule has 0 spiro atoms. The highest BCUT2D eigenvalue weighted by molar-refractivity contribution is 9.10. The number of amides is 1. The van der Waals surface area contributed by atoms with Gasteiger partial charge in [-0.25, -0.2) is 9.37 Å². The van der Waals surface area contributed by atoms with Crippen molar-refractivity contribution < 1.29 is 9.18 Å². The number of carbonyl (C=O) groups excluding carboxylic acids is 1. The van der Waals surface area contributed by atoms with Crippen molar-refractivity contribution >= 4 is 27.7 Å². The Labute approximate surface area is 135 Å². The number of aromatic nitrogens is 3. The molecule has 0 radical (unpaired) electrons. The molecule has 1 amide bonds. The Kier molecular flexibility index (Phi) is 4.10. The number of pyridine rings is 1. The van der Waals surface area contributed by atoms with Crippen LogP contribution in [0.25, 0.3) is 0 Å². The molecule has 0 saturated carbocycles. The fraction of sp³-hybridized carbons (Fsp3) is 0.357. The summed E-state index contributed by atoms with van der Waals surface area (Å²) in [6.07, 6.45) is 3.18. The standard InChI is InChI=1S/C14H15BrFN5O/c1-19-12(2-3-18-19)14(22)21-6-4-20(5-7-21)13-11(16)8-10(15)9-17-13/h2-3,8-9H,4-7H2,1H3. The van der Waals surface area contributed by atoms with Crippen molar-refractivity contribution in [2.75, 3.05) is 31.1 Å². The second-order valence-corrected chi connectivity index (χ2v) is 5.99. The van der Waals surface area contributed by atoms with Crippen LogP contribution in [0.1, 0.15) is 10.5 Å². The number of halogens is 2. The second-order valence-electron chi connectivity index (χ2n) is 5.08. The van der Waals surface area contributed by atoms with Crippen LogP contribution in [0.3, 0.4) is 0 Å². The van der Waals surface area contributed by atoms with Crippen LogP contribution in [0.4, 0.5) is 10.2 Å². The molecule has 8 heteroatoms. The van der Waals surface area contributed by atoms with Gasteiger partial charge in [0, 0.05) is 50.1 Å². The highest BCUT2D eigenvalue weighted by Gasteiger charge is 2.25. The summed E-state index contributed by atoms with van der Waals surface area (Å²) in [4.78, 5) is 20.1. The Morgan fingerprint density at radius 1 is 1.32 bits per heavy atom. The van der Waals surface area contributed by atoms with E-state index in [1.807, 2.05) is 4.90 Å². The predicted octanol–water partition coefficient (Wildman–Crippen LogP) is 1.68. The van der Waals surface area contributed by atoms with Crippen LogP contribution in [0.2, 0.25) is 0 Å². The molecule has 0 atom stereocenters. The normalized spacial score (nSPS) is 15.2. The minimum absolute atomic E-state index is 0.0520. The van der Waals surface area contributed by atoms with Gasteiger partial charge in [0.25, 0.3) is 5.91 Å². The lowest BCUT2D eigenvalue weighted by Crippen LogP contribution is -2.49. The third-order valence-corrected chi connectivity index (χ3v) is 4.13. The fourth-order valence-corrected chi connectivity index (χ4v) is 2.81. The van der Waals surface area contributed by atoms with Gasteiger partial charge in [-0.15, -0.1) is 0 Å². The average Bonchev–Trinajstić information content (AvgIpc) is 2.93. The number of nitrogens with zero attached hydrogens (tertiary/aromatic N) is 5. The molecule has 0 N–H and O–H groups in total. The van der Waals surface area contributed by atoms with Crippen LogP contribution in [-0.2, 0) is 7.05 Å². The van der Waals surface area contributed by atoms with Crippen molar-refractivity contribution in [2.45, 2.75) is 0 Å². The maximum Gasteiger partial charge on any atom is 0.272 e. The van der Waals surface area contributed by atoms with Crippen molar-refractivity contribution in [1.82, 2.24) is 19.7 Å². The first-order chi connectivity index (χ1) is 10.6. The zero-order valence-corrected chi connectivity index (χ0v) is 13.6. The largest absolute Gasteiger partial charge is 0.351 e. The minimum Gasteiger partial charge on any atom is -0.351 e. The van der Waals surface area contributed by atoms with Gasteiger partial charge in [-0.1, -0.05) is 0 Å². The molecule has 0 unspecified atom stereocenters.